The summed E-state index contributed by atoms with van der Waals surface area (Å²) < 4.78 is 28.6. The monoisotopic (exact) mass is 282 g/mol. The third kappa shape index (κ3) is 2.78. The zero-order valence-corrected chi connectivity index (χ0v) is 11.2. The topological polar surface area (TPSA) is 34.0 Å². The number of benzene rings is 1. The van der Waals surface area contributed by atoms with Crippen LogP contribution in [0.25, 0.3) is 0 Å². The molecule has 0 bridgehead atoms. The molecule has 19 heavy (non-hydrogen) atoms. The molecule has 100 valence electrons. The first kappa shape index (κ1) is 13.6. The fourth-order valence-corrected chi connectivity index (χ4v) is 1.99. The van der Waals surface area contributed by atoms with Gasteiger partial charge >= 0.3 is 0 Å². The number of aromatic nitrogens is 1. The Kier molecular flexibility index (Phi) is 3.90. The minimum atomic E-state index is -0.932. The van der Waals surface area contributed by atoms with E-state index in [1.807, 2.05) is 6.26 Å². The Morgan fingerprint density at radius 1 is 1.21 bits per heavy atom. The lowest BCUT2D eigenvalue weighted by atomic mass is 10.3. The first-order chi connectivity index (χ1) is 9.02. The quantitative estimate of drug-likeness (QED) is 0.878. The van der Waals surface area contributed by atoms with Gasteiger partial charge in [-0.1, -0.05) is 0 Å². The standard InChI is InChI=1S/C13H12F2N2OS/c1-17-6-5-11(12(15)13(17)18)16-10-4-3-8(19-2)7-9(10)14/h3-7,16H,1-2H3. The van der Waals surface area contributed by atoms with Crippen LogP contribution in [0.2, 0.25) is 0 Å². The number of thioether (sulfide) groups is 1. The molecular weight excluding hydrogens is 270 g/mol. The van der Waals surface area contributed by atoms with E-state index >= 15 is 0 Å². The minimum absolute atomic E-state index is 0.0427. The highest BCUT2D eigenvalue weighted by atomic mass is 32.2. The second-order valence-corrected chi connectivity index (χ2v) is 4.81. The summed E-state index contributed by atoms with van der Waals surface area (Å²) in [5.74, 6) is -1.43. The number of anilines is 2. The molecule has 0 radical (unpaired) electrons. The second-order valence-electron chi connectivity index (χ2n) is 3.93. The van der Waals surface area contributed by atoms with Crippen molar-refractivity contribution in [3.63, 3.8) is 0 Å². The number of pyridine rings is 1. The molecule has 3 nitrogen and oxygen atoms in total. The third-order valence-electron chi connectivity index (χ3n) is 2.65. The summed E-state index contributed by atoms with van der Waals surface area (Å²) in [6.45, 7) is 0. The van der Waals surface area contributed by atoms with Gasteiger partial charge in [0.1, 0.15) is 5.82 Å². The van der Waals surface area contributed by atoms with Gasteiger partial charge < -0.3 is 9.88 Å². The molecule has 0 spiro atoms. The number of nitrogens with one attached hydrogen (secondary N) is 1. The summed E-state index contributed by atoms with van der Waals surface area (Å²) in [6.07, 6.45) is 3.25. The predicted molar refractivity (Wildman–Crippen MR) is 73.1 cm³/mol. The van der Waals surface area contributed by atoms with Crippen molar-refractivity contribution in [3.05, 3.63) is 52.5 Å². The maximum atomic E-state index is 13.8. The zero-order valence-electron chi connectivity index (χ0n) is 10.4. The first-order valence-electron chi connectivity index (χ1n) is 5.48. The highest BCUT2D eigenvalue weighted by molar-refractivity contribution is 7.98. The number of rotatable bonds is 3. The van der Waals surface area contributed by atoms with Crippen molar-refractivity contribution in [2.75, 3.05) is 11.6 Å². The van der Waals surface area contributed by atoms with Gasteiger partial charge in [-0.3, -0.25) is 4.79 Å². The highest BCUT2D eigenvalue weighted by Gasteiger charge is 2.10. The zero-order chi connectivity index (χ0) is 14.0. The van der Waals surface area contributed by atoms with Crippen LogP contribution in [0.1, 0.15) is 0 Å². The van der Waals surface area contributed by atoms with Gasteiger partial charge in [-0.2, -0.15) is 4.39 Å². The van der Waals surface area contributed by atoms with Crippen LogP contribution in [0.4, 0.5) is 20.2 Å². The van der Waals surface area contributed by atoms with Crippen LogP contribution in [0.3, 0.4) is 0 Å². The molecule has 0 saturated heterocycles. The van der Waals surface area contributed by atoms with Crippen molar-refractivity contribution in [1.29, 1.82) is 0 Å². The fourth-order valence-electron chi connectivity index (χ4n) is 1.56. The molecule has 0 amide bonds. The number of halogens is 2. The lowest BCUT2D eigenvalue weighted by Crippen LogP contribution is -2.20. The van der Waals surface area contributed by atoms with E-state index < -0.39 is 17.2 Å². The molecule has 1 aromatic carbocycles. The van der Waals surface area contributed by atoms with Crippen molar-refractivity contribution in [1.82, 2.24) is 4.57 Å². The summed E-state index contributed by atoms with van der Waals surface area (Å²) >= 11 is 1.41. The van der Waals surface area contributed by atoms with E-state index in [1.165, 1.54) is 43.2 Å². The summed E-state index contributed by atoms with van der Waals surface area (Å²) in [4.78, 5) is 12.2. The summed E-state index contributed by atoms with van der Waals surface area (Å²) in [5, 5.41) is 2.59. The van der Waals surface area contributed by atoms with E-state index in [9.17, 15) is 13.6 Å². The van der Waals surface area contributed by atoms with Crippen LogP contribution in [0, 0.1) is 11.6 Å². The molecule has 1 N–H and O–H groups in total. The highest BCUT2D eigenvalue weighted by Crippen LogP contribution is 2.24. The molecule has 0 atom stereocenters. The Hall–Kier alpha value is -1.82. The van der Waals surface area contributed by atoms with Crippen LogP contribution >= 0.6 is 11.8 Å². The van der Waals surface area contributed by atoms with Gasteiger partial charge in [-0.15, -0.1) is 11.8 Å². The first-order valence-corrected chi connectivity index (χ1v) is 6.71. The van der Waals surface area contributed by atoms with Gasteiger partial charge in [0.15, 0.2) is 0 Å². The Bertz CT molecular complexity index is 670. The van der Waals surface area contributed by atoms with Crippen LogP contribution in [0.5, 0.6) is 0 Å². The van der Waals surface area contributed by atoms with Crippen molar-refractivity contribution in [2.45, 2.75) is 4.90 Å². The van der Waals surface area contributed by atoms with Crippen LogP contribution in [0.15, 0.2) is 40.2 Å². The van der Waals surface area contributed by atoms with Crippen LogP contribution in [-0.2, 0) is 7.05 Å². The van der Waals surface area contributed by atoms with E-state index in [2.05, 4.69) is 5.32 Å². The van der Waals surface area contributed by atoms with Gasteiger partial charge in [0.25, 0.3) is 5.56 Å². The van der Waals surface area contributed by atoms with E-state index in [-0.39, 0.29) is 11.4 Å². The Balaban J connectivity index is 2.37. The summed E-state index contributed by atoms with van der Waals surface area (Å²) in [6, 6.07) is 5.97. The van der Waals surface area contributed by atoms with Crippen LogP contribution < -0.4 is 10.9 Å². The molecule has 0 aliphatic heterocycles. The van der Waals surface area contributed by atoms with Crippen LogP contribution in [-0.4, -0.2) is 10.8 Å². The second kappa shape index (κ2) is 5.44. The molecule has 6 heteroatoms. The summed E-state index contributed by atoms with van der Waals surface area (Å²) in [5.41, 5.74) is -0.671. The Morgan fingerprint density at radius 2 is 1.95 bits per heavy atom. The van der Waals surface area contributed by atoms with Crippen molar-refractivity contribution < 1.29 is 8.78 Å². The normalized spacial score (nSPS) is 10.5. The van der Waals surface area contributed by atoms with Gasteiger partial charge in [0.05, 0.1) is 11.4 Å². The maximum absolute atomic E-state index is 13.8. The molecule has 0 aliphatic carbocycles. The Morgan fingerprint density at radius 3 is 2.58 bits per heavy atom. The maximum Gasteiger partial charge on any atom is 0.288 e. The van der Waals surface area contributed by atoms with E-state index in [0.717, 1.165) is 9.46 Å². The Labute approximate surface area is 113 Å². The molecular formula is C13H12F2N2OS. The SMILES string of the molecule is CSc1ccc(Nc2ccn(C)c(=O)c2F)c(F)c1. The van der Waals surface area contributed by atoms with Crippen molar-refractivity contribution in [2.24, 2.45) is 7.05 Å². The lowest BCUT2D eigenvalue weighted by molar-refractivity contribution is 0.594. The molecule has 2 aromatic rings. The molecule has 0 aliphatic rings. The van der Waals surface area contributed by atoms with E-state index in [1.54, 1.807) is 6.07 Å². The van der Waals surface area contributed by atoms with Gasteiger partial charge in [0, 0.05) is 18.1 Å². The molecule has 2 rings (SSSR count). The number of nitrogens with zero attached hydrogens (tertiary/aromatic N) is 1. The van der Waals surface area contributed by atoms with E-state index in [0.29, 0.717) is 0 Å². The van der Waals surface area contributed by atoms with Gasteiger partial charge in [-0.05, 0) is 30.5 Å². The number of hydrogen-bond donors (Lipinski definition) is 1. The fraction of sp³-hybridized carbons (Fsp3) is 0.154. The molecule has 1 heterocycles. The predicted octanol–water partition coefficient (Wildman–Crippen LogP) is 3.13. The van der Waals surface area contributed by atoms with Crippen molar-refractivity contribution >= 4 is 23.1 Å². The van der Waals surface area contributed by atoms with Crippen molar-refractivity contribution in [3.8, 4) is 0 Å². The molecule has 0 unspecified atom stereocenters. The average Bonchev–Trinajstić information content (AvgIpc) is 2.41. The average molecular weight is 282 g/mol. The lowest BCUT2D eigenvalue weighted by Gasteiger charge is -2.10. The largest absolute Gasteiger partial charge is 0.351 e. The molecule has 1 aromatic heterocycles. The molecule has 0 saturated carbocycles. The van der Waals surface area contributed by atoms with E-state index in [4.69, 9.17) is 0 Å². The third-order valence-corrected chi connectivity index (χ3v) is 3.38. The number of aryl methyl sites for hydroxylation is 1. The van der Waals surface area contributed by atoms with Gasteiger partial charge in [-0.25, -0.2) is 4.39 Å². The smallest absolute Gasteiger partial charge is 0.288 e. The summed E-state index contributed by atoms with van der Waals surface area (Å²) in [7, 11) is 1.45. The van der Waals surface area contributed by atoms with Gasteiger partial charge in [0.2, 0.25) is 5.82 Å². The molecule has 0 fully saturated rings. The number of hydrogen-bond acceptors (Lipinski definition) is 3. The minimum Gasteiger partial charge on any atom is -0.351 e.